The van der Waals surface area contributed by atoms with Gasteiger partial charge in [-0.1, -0.05) is 31.2 Å². The Hall–Kier alpha value is -1.31. The van der Waals surface area contributed by atoms with Crippen LogP contribution in [0.4, 0.5) is 0 Å². The molecule has 3 rings (SSSR count). The number of thioether (sulfide) groups is 1. The van der Waals surface area contributed by atoms with E-state index < -0.39 is 24.6 Å². The summed E-state index contributed by atoms with van der Waals surface area (Å²) in [7, 11) is 0. The average molecular weight is 350 g/mol. The smallest absolute Gasteiger partial charge is 0.228 e. The van der Waals surface area contributed by atoms with Gasteiger partial charge in [-0.25, -0.2) is 0 Å². The SMILES string of the molecule is CCCSc1cccc2c(O[C@@H]3OC[C@@H](O)[C@H](O)[C@H]3O)cccc12. The minimum Gasteiger partial charge on any atom is -0.461 e. The molecule has 24 heavy (non-hydrogen) atoms. The van der Waals surface area contributed by atoms with Crippen LogP contribution in [0, 0.1) is 0 Å². The molecule has 0 aliphatic carbocycles. The average Bonchev–Trinajstić information content (AvgIpc) is 2.60. The summed E-state index contributed by atoms with van der Waals surface area (Å²) in [5.74, 6) is 1.62. The number of benzene rings is 2. The highest BCUT2D eigenvalue weighted by atomic mass is 32.2. The summed E-state index contributed by atoms with van der Waals surface area (Å²) in [4.78, 5) is 1.18. The molecule has 0 amide bonds. The van der Waals surface area contributed by atoms with Gasteiger partial charge in [-0.2, -0.15) is 0 Å². The zero-order valence-electron chi connectivity index (χ0n) is 13.5. The largest absolute Gasteiger partial charge is 0.461 e. The Morgan fingerprint density at radius 1 is 1.08 bits per heavy atom. The van der Waals surface area contributed by atoms with Crippen LogP contribution >= 0.6 is 11.8 Å². The van der Waals surface area contributed by atoms with Gasteiger partial charge in [0.05, 0.1) is 6.61 Å². The normalized spacial score (nSPS) is 27.3. The maximum atomic E-state index is 10.0. The van der Waals surface area contributed by atoms with Crippen molar-refractivity contribution in [3.05, 3.63) is 36.4 Å². The minimum atomic E-state index is -1.30. The molecule has 6 heteroatoms. The zero-order chi connectivity index (χ0) is 17.1. The standard InChI is InChI=1S/C18H22O5S/c1-2-9-24-15-8-4-5-11-12(15)6-3-7-14(11)23-18-17(21)16(20)13(19)10-22-18/h3-8,13,16-21H,2,9-10H2,1H3/t13-,16+,17-,18+/m1/s1. The van der Waals surface area contributed by atoms with Crippen molar-refractivity contribution in [2.45, 2.75) is 42.8 Å². The Morgan fingerprint density at radius 2 is 1.83 bits per heavy atom. The second-order valence-electron chi connectivity index (χ2n) is 5.82. The summed E-state index contributed by atoms with van der Waals surface area (Å²) in [6.07, 6.45) is -3.61. The van der Waals surface area contributed by atoms with Crippen LogP contribution in [0.5, 0.6) is 5.75 Å². The van der Waals surface area contributed by atoms with Gasteiger partial charge in [0.15, 0.2) is 0 Å². The predicted molar refractivity (Wildman–Crippen MR) is 93.4 cm³/mol. The van der Waals surface area contributed by atoms with Crippen molar-refractivity contribution in [1.82, 2.24) is 0 Å². The monoisotopic (exact) mass is 350 g/mol. The second kappa shape index (κ2) is 7.72. The number of fused-ring (bicyclic) bond motifs is 1. The third-order valence-corrected chi connectivity index (χ3v) is 5.28. The second-order valence-corrected chi connectivity index (χ2v) is 6.96. The fraction of sp³-hybridized carbons (Fsp3) is 0.444. The summed E-state index contributed by atoms with van der Waals surface area (Å²) < 4.78 is 11.1. The van der Waals surface area contributed by atoms with Crippen molar-refractivity contribution >= 4 is 22.5 Å². The molecule has 1 aliphatic heterocycles. The van der Waals surface area contributed by atoms with Crippen molar-refractivity contribution in [3.63, 3.8) is 0 Å². The first-order chi connectivity index (χ1) is 11.6. The summed E-state index contributed by atoms with van der Waals surface area (Å²) in [5, 5.41) is 31.4. The molecule has 0 aromatic heterocycles. The lowest BCUT2D eigenvalue weighted by atomic mass is 10.1. The number of rotatable bonds is 5. The minimum absolute atomic E-state index is 0.0781. The van der Waals surface area contributed by atoms with E-state index in [2.05, 4.69) is 13.0 Å². The highest BCUT2D eigenvalue weighted by molar-refractivity contribution is 7.99. The molecule has 1 fully saturated rings. The van der Waals surface area contributed by atoms with Crippen molar-refractivity contribution in [2.75, 3.05) is 12.4 Å². The first-order valence-electron chi connectivity index (χ1n) is 8.08. The van der Waals surface area contributed by atoms with E-state index in [4.69, 9.17) is 9.47 Å². The Balaban J connectivity index is 1.87. The highest BCUT2D eigenvalue weighted by Crippen LogP contribution is 2.34. The predicted octanol–water partition coefficient (Wildman–Crippen LogP) is 2.16. The Bertz CT molecular complexity index is 692. The molecule has 2 aromatic rings. The van der Waals surface area contributed by atoms with E-state index in [9.17, 15) is 15.3 Å². The molecule has 0 unspecified atom stereocenters. The van der Waals surface area contributed by atoms with Gasteiger partial charge in [0.25, 0.3) is 0 Å². The Kier molecular flexibility index (Phi) is 5.63. The van der Waals surface area contributed by atoms with Crippen LogP contribution in [-0.4, -0.2) is 52.3 Å². The van der Waals surface area contributed by atoms with Crippen molar-refractivity contribution in [2.24, 2.45) is 0 Å². The maximum absolute atomic E-state index is 10.0. The van der Waals surface area contributed by atoms with E-state index >= 15 is 0 Å². The van der Waals surface area contributed by atoms with Gasteiger partial charge in [-0.15, -0.1) is 11.8 Å². The number of aliphatic hydroxyl groups excluding tert-OH is 3. The summed E-state index contributed by atoms with van der Waals surface area (Å²) in [6, 6.07) is 11.8. The van der Waals surface area contributed by atoms with Crippen LogP contribution < -0.4 is 4.74 Å². The molecule has 3 N–H and O–H groups in total. The third-order valence-electron chi connectivity index (χ3n) is 4.00. The molecule has 5 nitrogen and oxygen atoms in total. The molecule has 0 spiro atoms. The van der Waals surface area contributed by atoms with Gasteiger partial charge in [0.2, 0.25) is 6.29 Å². The van der Waals surface area contributed by atoms with E-state index in [-0.39, 0.29) is 6.61 Å². The fourth-order valence-corrected chi connectivity index (χ4v) is 3.63. The number of ether oxygens (including phenoxy) is 2. The lowest BCUT2D eigenvalue weighted by molar-refractivity contribution is -0.241. The molecular formula is C18H22O5S. The van der Waals surface area contributed by atoms with Crippen molar-refractivity contribution in [3.8, 4) is 5.75 Å². The van der Waals surface area contributed by atoms with Crippen LogP contribution in [0.3, 0.4) is 0 Å². The molecule has 1 saturated heterocycles. The molecule has 0 radical (unpaired) electrons. The van der Waals surface area contributed by atoms with Crippen LogP contribution in [0.1, 0.15) is 13.3 Å². The maximum Gasteiger partial charge on any atom is 0.228 e. The van der Waals surface area contributed by atoms with Gasteiger partial charge >= 0.3 is 0 Å². The third kappa shape index (κ3) is 3.53. The van der Waals surface area contributed by atoms with E-state index in [0.717, 1.165) is 22.9 Å². The molecule has 2 aromatic carbocycles. The first kappa shape index (κ1) is 17.5. The molecular weight excluding hydrogens is 328 g/mol. The fourth-order valence-electron chi connectivity index (χ4n) is 2.70. The molecule has 0 bridgehead atoms. The van der Waals surface area contributed by atoms with Gasteiger partial charge in [0, 0.05) is 10.3 Å². The van der Waals surface area contributed by atoms with Gasteiger partial charge in [-0.3, -0.25) is 0 Å². The van der Waals surface area contributed by atoms with Gasteiger partial charge in [-0.05, 0) is 29.7 Å². The summed E-state index contributed by atoms with van der Waals surface area (Å²) in [5.41, 5.74) is 0. The topological polar surface area (TPSA) is 79.2 Å². The van der Waals surface area contributed by atoms with E-state index in [1.54, 1.807) is 11.8 Å². The quantitative estimate of drug-likeness (QED) is 0.717. The van der Waals surface area contributed by atoms with E-state index in [1.165, 1.54) is 4.90 Å². The van der Waals surface area contributed by atoms with E-state index in [0.29, 0.717) is 5.75 Å². The van der Waals surface area contributed by atoms with Crippen LogP contribution in [0.2, 0.25) is 0 Å². The molecule has 130 valence electrons. The van der Waals surface area contributed by atoms with Gasteiger partial charge < -0.3 is 24.8 Å². The van der Waals surface area contributed by atoms with Crippen LogP contribution in [-0.2, 0) is 4.74 Å². The van der Waals surface area contributed by atoms with Crippen LogP contribution in [0.25, 0.3) is 10.8 Å². The highest BCUT2D eigenvalue weighted by Gasteiger charge is 2.39. The number of aliphatic hydroxyl groups is 3. The van der Waals surface area contributed by atoms with Gasteiger partial charge in [0.1, 0.15) is 24.1 Å². The lowest BCUT2D eigenvalue weighted by Gasteiger charge is -2.35. The zero-order valence-corrected chi connectivity index (χ0v) is 14.3. The first-order valence-corrected chi connectivity index (χ1v) is 9.07. The molecule has 1 heterocycles. The Labute approximate surface area is 145 Å². The molecule has 0 saturated carbocycles. The summed E-state index contributed by atoms with van der Waals surface area (Å²) in [6.45, 7) is 2.07. The van der Waals surface area contributed by atoms with Crippen molar-refractivity contribution < 1.29 is 24.8 Å². The molecule has 1 aliphatic rings. The summed E-state index contributed by atoms with van der Waals surface area (Å²) >= 11 is 1.80. The van der Waals surface area contributed by atoms with Crippen LogP contribution in [0.15, 0.2) is 41.3 Å². The van der Waals surface area contributed by atoms with E-state index in [1.807, 2.05) is 30.3 Å². The number of hydrogen-bond donors (Lipinski definition) is 3. The number of hydrogen-bond acceptors (Lipinski definition) is 6. The van der Waals surface area contributed by atoms with Crippen molar-refractivity contribution in [1.29, 1.82) is 0 Å². The lowest BCUT2D eigenvalue weighted by Crippen LogP contribution is -2.54. The molecule has 4 atom stereocenters. The Morgan fingerprint density at radius 3 is 2.62 bits per heavy atom.